The van der Waals surface area contributed by atoms with Crippen LogP contribution in [0.3, 0.4) is 0 Å². The van der Waals surface area contributed by atoms with Crippen LogP contribution in [0.25, 0.3) is 22.6 Å². The van der Waals surface area contributed by atoms with Gasteiger partial charge in [-0.15, -0.1) is 0 Å². The number of aliphatic hydroxyl groups is 1. The molecule has 11 nitrogen and oxygen atoms in total. The van der Waals surface area contributed by atoms with Crippen LogP contribution in [0.4, 0.5) is 0 Å². The number of amides is 1. The average molecular weight is 398 g/mol. The first kappa shape index (κ1) is 20.0. The van der Waals surface area contributed by atoms with Gasteiger partial charge in [0.15, 0.2) is 5.76 Å². The van der Waals surface area contributed by atoms with Crippen LogP contribution in [0.1, 0.15) is 41.8 Å². The summed E-state index contributed by atoms with van der Waals surface area (Å²) in [5, 5.41) is 20.9. The number of hydrogen-bond acceptors (Lipinski definition) is 9. The summed E-state index contributed by atoms with van der Waals surface area (Å²) in [6, 6.07) is 0. The second-order valence-corrected chi connectivity index (χ2v) is 6.31. The molecule has 3 heterocycles. The molecular weight excluding hydrogens is 376 g/mol. The number of nitrogens with zero attached hydrogens (tertiary/aromatic N) is 4. The average Bonchev–Trinajstić information content (AvgIpc) is 3.26. The van der Waals surface area contributed by atoms with Crippen molar-refractivity contribution >= 4 is 22.8 Å². The van der Waals surface area contributed by atoms with Gasteiger partial charge in [0.1, 0.15) is 22.8 Å². The second kappa shape index (κ2) is 7.72. The van der Waals surface area contributed by atoms with Crippen LogP contribution >= 0.6 is 0 Å². The molecule has 0 spiro atoms. The van der Waals surface area contributed by atoms with Gasteiger partial charge in [-0.25, -0.2) is 9.97 Å². The Morgan fingerprint density at radius 3 is 2.69 bits per heavy atom. The molecule has 1 amide bonds. The van der Waals surface area contributed by atoms with Gasteiger partial charge in [-0.1, -0.05) is 0 Å². The van der Waals surface area contributed by atoms with Crippen LogP contribution in [0.5, 0.6) is 0 Å². The number of nitrogens with one attached hydrogen (secondary N) is 2. The van der Waals surface area contributed by atoms with Gasteiger partial charge < -0.3 is 31.7 Å². The highest BCUT2D eigenvalue weighted by atomic mass is 16.4. The number of primary amides is 1. The number of oxazole rings is 1. The molecule has 0 aliphatic heterocycles. The molecule has 29 heavy (non-hydrogen) atoms. The highest BCUT2D eigenvalue weighted by Crippen LogP contribution is 2.30. The fraction of sp³-hybridized carbons (Fsp3) is 0.278. The van der Waals surface area contributed by atoms with Crippen molar-refractivity contribution in [2.24, 2.45) is 11.5 Å². The van der Waals surface area contributed by atoms with E-state index >= 15 is 0 Å². The predicted octanol–water partition coefficient (Wildman–Crippen LogP) is 1.13. The predicted molar refractivity (Wildman–Crippen MR) is 106 cm³/mol. The third-order valence-corrected chi connectivity index (χ3v) is 4.14. The van der Waals surface area contributed by atoms with Crippen LogP contribution in [0, 0.1) is 12.3 Å². The molecule has 0 unspecified atom stereocenters. The van der Waals surface area contributed by atoms with Gasteiger partial charge in [0, 0.05) is 12.7 Å². The fourth-order valence-corrected chi connectivity index (χ4v) is 2.84. The van der Waals surface area contributed by atoms with Crippen LogP contribution < -0.4 is 16.8 Å². The molecule has 0 aromatic carbocycles. The van der Waals surface area contributed by atoms with E-state index in [4.69, 9.17) is 21.3 Å². The molecule has 152 valence electrons. The number of carbonyl (C=O) groups is 1. The molecule has 3 aromatic rings. The Bertz CT molecular complexity index is 1140. The minimum absolute atomic E-state index is 0.00368. The molecule has 0 radical (unpaired) electrons. The molecule has 0 aliphatic rings. The summed E-state index contributed by atoms with van der Waals surface area (Å²) in [7, 11) is 0. The Morgan fingerprint density at radius 1 is 1.38 bits per heavy atom. The normalized spacial score (nSPS) is 12.1. The van der Waals surface area contributed by atoms with Gasteiger partial charge in [0.05, 0.1) is 29.7 Å². The first-order chi connectivity index (χ1) is 13.8. The summed E-state index contributed by atoms with van der Waals surface area (Å²) in [5.74, 6) is -0.641. The van der Waals surface area contributed by atoms with Crippen molar-refractivity contribution in [1.82, 2.24) is 24.7 Å². The maximum Gasteiger partial charge on any atom is 0.285 e. The Kier molecular flexibility index (Phi) is 5.33. The SMILES string of the molecule is CCN/C(=C(/O)C(C)=N)c1nc(-c2nc(C(N)=O)n3cc(C)ncc23)c(CN)o1. The van der Waals surface area contributed by atoms with Crippen LogP contribution in [-0.2, 0) is 6.54 Å². The topological polar surface area (TPSA) is 181 Å². The Balaban J connectivity index is 2.27. The largest absolute Gasteiger partial charge is 0.504 e. The van der Waals surface area contributed by atoms with Crippen molar-refractivity contribution in [3.63, 3.8) is 0 Å². The number of carbonyl (C=O) groups excluding carboxylic acids is 1. The van der Waals surface area contributed by atoms with Crippen LogP contribution in [0.2, 0.25) is 0 Å². The van der Waals surface area contributed by atoms with Crippen LogP contribution in [-0.4, -0.2) is 42.6 Å². The lowest BCUT2D eigenvalue weighted by atomic mass is 10.2. The molecule has 0 atom stereocenters. The van der Waals surface area contributed by atoms with E-state index in [1.807, 2.05) is 6.92 Å². The number of aliphatic hydroxyl groups excluding tert-OH is 1. The molecule has 3 aromatic heterocycles. The third-order valence-electron chi connectivity index (χ3n) is 4.14. The van der Waals surface area contributed by atoms with E-state index in [9.17, 15) is 9.90 Å². The molecule has 0 bridgehead atoms. The Hall–Kier alpha value is -3.73. The van der Waals surface area contributed by atoms with Gasteiger partial charge >= 0.3 is 0 Å². The number of hydrogen-bond donors (Lipinski definition) is 5. The van der Waals surface area contributed by atoms with Crippen molar-refractivity contribution in [1.29, 1.82) is 5.41 Å². The summed E-state index contributed by atoms with van der Waals surface area (Å²) in [4.78, 5) is 24.9. The quantitative estimate of drug-likeness (QED) is 0.290. The maximum absolute atomic E-state index is 11.9. The summed E-state index contributed by atoms with van der Waals surface area (Å²) >= 11 is 0. The van der Waals surface area contributed by atoms with E-state index in [1.54, 1.807) is 19.3 Å². The molecule has 0 aliphatic carbocycles. The van der Waals surface area contributed by atoms with E-state index in [0.29, 0.717) is 34.9 Å². The number of allylic oxidation sites excluding steroid dienone is 1. The Labute approximate surface area is 166 Å². The number of imidazole rings is 1. The summed E-state index contributed by atoms with van der Waals surface area (Å²) in [6.07, 6.45) is 3.20. The van der Waals surface area contributed by atoms with Gasteiger partial charge in [-0.2, -0.15) is 0 Å². The van der Waals surface area contributed by atoms with Crippen LogP contribution in [0.15, 0.2) is 22.6 Å². The standard InChI is InChI=1S/C18H22N8O3/c1-4-22-14(15(27)9(3)20)18-25-13(11(5-19)29-18)12-10-6-23-8(2)7-26(10)17(24-12)16(21)28/h6-7,20,22,27H,4-5,19H2,1-3H3,(H2,21,28)/b15-14+,20-9?. The van der Waals surface area contributed by atoms with Gasteiger partial charge in [-0.3, -0.25) is 14.2 Å². The van der Waals surface area contributed by atoms with Gasteiger partial charge in [0.25, 0.3) is 5.91 Å². The first-order valence-electron chi connectivity index (χ1n) is 8.86. The van der Waals surface area contributed by atoms with E-state index in [0.717, 1.165) is 0 Å². The summed E-state index contributed by atoms with van der Waals surface area (Å²) in [5.41, 5.74) is 13.2. The van der Waals surface area contributed by atoms with Crippen molar-refractivity contribution < 1.29 is 14.3 Å². The molecule has 0 fully saturated rings. The lowest BCUT2D eigenvalue weighted by Gasteiger charge is -2.07. The molecule has 7 N–H and O–H groups in total. The number of rotatable bonds is 7. The number of nitrogens with two attached hydrogens (primary N) is 2. The number of fused-ring (bicyclic) bond motifs is 1. The molecular formula is C18H22N8O3. The zero-order chi connectivity index (χ0) is 21.3. The summed E-state index contributed by atoms with van der Waals surface area (Å²) in [6.45, 7) is 5.51. The highest BCUT2D eigenvalue weighted by molar-refractivity contribution is 5.99. The molecule has 11 heteroatoms. The molecule has 3 rings (SSSR count). The van der Waals surface area contributed by atoms with E-state index < -0.39 is 5.91 Å². The second-order valence-electron chi connectivity index (χ2n) is 6.31. The maximum atomic E-state index is 11.9. The Morgan fingerprint density at radius 2 is 2.10 bits per heavy atom. The first-order valence-corrected chi connectivity index (χ1v) is 8.86. The smallest absolute Gasteiger partial charge is 0.285 e. The lowest BCUT2D eigenvalue weighted by Crippen LogP contribution is -2.16. The minimum atomic E-state index is -0.708. The lowest BCUT2D eigenvalue weighted by molar-refractivity contribution is 0.0990. The van der Waals surface area contributed by atoms with Gasteiger partial charge in [-0.05, 0) is 20.8 Å². The van der Waals surface area contributed by atoms with Crippen molar-refractivity contribution in [2.45, 2.75) is 27.3 Å². The van der Waals surface area contributed by atoms with Crippen molar-refractivity contribution in [2.75, 3.05) is 6.54 Å². The highest BCUT2D eigenvalue weighted by Gasteiger charge is 2.25. The van der Waals surface area contributed by atoms with Crippen molar-refractivity contribution in [3.05, 3.63) is 41.3 Å². The number of aromatic nitrogens is 4. The monoisotopic (exact) mass is 398 g/mol. The minimum Gasteiger partial charge on any atom is -0.504 e. The third kappa shape index (κ3) is 3.55. The molecule has 0 saturated heterocycles. The zero-order valence-electron chi connectivity index (χ0n) is 16.3. The number of aryl methyl sites for hydroxylation is 1. The van der Waals surface area contributed by atoms with Crippen molar-refractivity contribution in [3.8, 4) is 11.4 Å². The van der Waals surface area contributed by atoms with E-state index in [1.165, 1.54) is 11.3 Å². The fourth-order valence-electron chi connectivity index (χ4n) is 2.84. The summed E-state index contributed by atoms with van der Waals surface area (Å²) < 4.78 is 7.28. The van der Waals surface area contributed by atoms with E-state index in [2.05, 4.69) is 20.3 Å². The van der Waals surface area contributed by atoms with Gasteiger partial charge in [0.2, 0.25) is 11.7 Å². The molecule has 0 saturated carbocycles. The zero-order valence-corrected chi connectivity index (χ0v) is 16.3. The van der Waals surface area contributed by atoms with E-state index in [-0.39, 0.29) is 35.4 Å².